The lowest BCUT2D eigenvalue weighted by Gasteiger charge is -2.08. The Morgan fingerprint density at radius 3 is 2.65 bits per heavy atom. The first kappa shape index (κ1) is 14.1. The molecule has 0 aliphatic carbocycles. The van der Waals surface area contributed by atoms with Gasteiger partial charge in [0.25, 0.3) is 5.91 Å². The van der Waals surface area contributed by atoms with Crippen LogP contribution in [0.4, 0.5) is 0 Å². The second-order valence-electron chi connectivity index (χ2n) is 4.71. The molecule has 1 amide bonds. The van der Waals surface area contributed by atoms with Gasteiger partial charge in [-0.25, -0.2) is 0 Å². The molecular formula is C16H18N2O2. The van der Waals surface area contributed by atoms with Crippen molar-refractivity contribution < 1.29 is 9.90 Å². The summed E-state index contributed by atoms with van der Waals surface area (Å²) >= 11 is 0. The molecule has 0 bridgehead atoms. The first-order valence-electron chi connectivity index (χ1n) is 6.46. The lowest BCUT2D eigenvalue weighted by Crippen LogP contribution is -2.22. The number of aryl methyl sites for hydroxylation is 1. The number of benzene rings is 2. The van der Waals surface area contributed by atoms with Crippen LogP contribution < -0.4 is 11.1 Å². The fourth-order valence-electron chi connectivity index (χ4n) is 1.95. The van der Waals surface area contributed by atoms with E-state index in [1.54, 1.807) is 19.1 Å². The standard InChI is InChI=1S/C16H18N2O2/c1-11-7-14(5-6-15(11)19)16(20)18-10-13-4-2-3-12(8-13)9-17/h2-8,19H,9-10,17H2,1H3,(H,18,20). The van der Waals surface area contributed by atoms with Crippen molar-refractivity contribution in [2.24, 2.45) is 5.73 Å². The summed E-state index contributed by atoms with van der Waals surface area (Å²) in [5.41, 5.74) is 8.86. The Bertz CT molecular complexity index is 624. The third-order valence-corrected chi connectivity index (χ3v) is 3.14. The highest BCUT2D eigenvalue weighted by Crippen LogP contribution is 2.16. The number of amides is 1. The molecule has 104 valence electrons. The number of carbonyl (C=O) groups is 1. The highest BCUT2D eigenvalue weighted by Gasteiger charge is 2.07. The van der Waals surface area contributed by atoms with Crippen LogP contribution in [0.15, 0.2) is 42.5 Å². The second kappa shape index (κ2) is 6.21. The molecule has 4 heteroatoms. The Kier molecular flexibility index (Phi) is 4.38. The predicted molar refractivity (Wildman–Crippen MR) is 78.3 cm³/mol. The maximum atomic E-state index is 12.0. The van der Waals surface area contributed by atoms with Crippen LogP contribution in [0.1, 0.15) is 27.0 Å². The van der Waals surface area contributed by atoms with Gasteiger partial charge >= 0.3 is 0 Å². The quantitative estimate of drug-likeness (QED) is 0.796. The molecule has 0 spiro atoms. The van der Waals surface area contributed by atoms with Gasteiger partial charge in [0.1, 0.15) is 5.75 Å². The number of rotatable bonds is 4. The van der Waals surface area contributed by atoms with Gasteiger partial charge in [0, 0.05) is 18.7 Å². The lowest BCUT2D eigenvalue weighted by atomic mass is 10.1. The van der Waals surface area contributed by atoms with E-state index >= 15 is 0 Å². The molecule has 0 unspecified atom stereocenters. The van der Waals surface area contributed by atoms with E-state index in [1.807, 2.05) is 24.3 Å². The number of nitrogens with two attached hydrogens (primary N) is 1. The number of phenols is 1. The summed E-state index contributed by atoms with van der Waals surface area (Å²) in [6.45, 7) is 2.70. The zero-order valence-electron chi connectivity index (χ0n) is 11.4. The van der Waals surface area contributed by atoms with Crippen LogP contribution in [0, 0.1) is 6.92 Å². The van der Waals surface area contributed by atoms with E-state index in [4.69, 9.17) is 5.73 Å². The number of carbonyl (C=O) groups excluding carboxylic acids is 1. The van der Waals surface area contributed by atoms with E-state index in [2.05, 4.69) is 5.32 Å². The Morgan fingerprint density at radius 2 is 1.95 bits per heavy atom. The van der Waals surface area contributed by atoms with E-state index in [1.165, 1.54) is 6.07 Å². The molecule has 0 radical (unpaired) electrons. The normalized spacial score (nSPS) is 10.3. The first-order valence-corrected chi connectivity index (χ1v) is 6.46. The second-order valence-corrected chi connectivity index (χ2v) is 4.71. The van der Waals surface area contributed by atoms with Crippen molar-refractivity contribution in [3.05, 3.63) is 64.7 Å². The van der Waals surface area contributed by atoms with Crippen molar-refractivity contribution in [2.45, 2.75) is 20.0 Å². The van der Waals surface area contributed by atoms with E-state index in [0.717, 1.165) is 11.1 Å². The number of phenolic OH excluding ortho intramolecular Hbond substituents is 1. The predicted octanol–water partition coefficient (Wildman–Crippen LogP) is 2.09. The minimum atomic E-state index is -0.161. The van der Waals surface area contributed by atoms with Crippen LogP contribution in [-0.4, -0.2) is 11.0 Å². The van der Waals surface area contributed by atoms with Gasteiger partial charge in [-0.3, -0.25) is 4.79 Å². The van der Waals surface area contributed by atoms with Crippen LogP contribution in [0.25, 0.3) is 0 Å². The van der Waals surface area contributed by atoms with Crippen molar-refractivity contribution in [3.8, 4) is 5.75 Å². The molecule has 2 aromatic rings. The van der Waals surface area contributed by atoms with Gasteiger partial charge in [0.2, 0.25) is 0 Å². The summed E-state index contributed by atoms with van der Waals surface area (Å²) in [5, 5.41) is 12.3. The summed E-state index contributed by atoms with van der Waals surface area (Å²) in [6, 6.07) is 12.6. The van der Waals surface area contributed by atoms with Crippen LogP contribution in [-0.2, 0) is 13.1 Å². The van der Waals surface area contributed by atoms with Gasteiger partial charge in [-0.15, -0.1) is 0 Å². The monoisotopic (exact) mass is 270 g/mol. The summed E-state index contributed by atoms with van der Waals surface area (Å²) in [7, 11) is 0. The summed E-state index contributed by atoms with van der Waals surface area (Å²) in [4.78, 5) is 12.0. The summed E-state index contributed by atoms with van der Waals surface area (Å²) in [6.07, 6.45) is 0. The highest BCUT2D eigenvalue weighted by atomic mass is 16.3. The van der Waals surface area contributed by atoms with Crippen molar-refractivity contribution in [1.82, 2.24) is 5.32 Å². The van der Waals surface area contributed by atoms with E-state index in [9.17, 15) is 9.90 Å². The average molecular weight is 270 g/mol. The van der Waals surface area contributed by atoms with Crippen LogP contribution >= 0.6 is 0 Å². The van der Waals surface area contributed by atoms with E-state index in [-0.39, 0.29) is 11.7 Å². The molecule has 0 aromatic heterocycles. The van der Waals surface area contributed by atoms with Crippen LogP contribution in [0.5, 0.6) is 5.75 Å². The van der Waals surface area contributed by atoms with Crippen LogP contribution in [0.2, 0.25) is 0 Å². The number of hydrogen-bond donors (Lipinski definition) is 3. The van der Waals surface area contributed by atoms with Crippen molar-refractivity contribution in [3.63, 3.8) is 0 Å². The SMILES string of the molecule is Cc1cc(C(=O)NCc2cccc(CN)c2)ccc1O. The lowest BCUT2D eigenvalue weighted by molar-refractivity contribution is 0.0951. The fourth-order valence-corrected chi connectivity index (χ4v) is 1.95. The van der Waals surface area contributed by atoms with Gasteiger partial charge in [0.15, 0.2) is 0 Å². The Morgan fingerprint density at radius 1 is 1.20 bits per heavy atom. The van der Waals surface area contributed by atoms with Crippen molar-refractivity contribution in [1.29, 1.82) is 0 Å². The van der Waals surface area contributed by atoms with Gasteiger partial charge in [0.05, 0.1) is 0 Å². The minimum absolute atomic E-state index is 0.161. The Labute approximate surface area is 118 Å². The average Bonchev–Trinajstić information content (AvgIpc) is 2.47. The van der Waals surface area contributed by atoms with Gasteiger partial charge in [-0.1, -0.05) is 24.3 Å². The molecule has 2 rings (SSSR count). The molecule has 0 fully saturated rings. The molecule has 0 atom stereocenters. The van der Waals surface area contributed by atoms with Gasteiger partial charge in [-0.05, 0) is 41.8 Å². The third kappa shape index (κ3) is 3.36. The zero-order chi connectivity index (χ0) is 14.5. The summed E-state index contributed by atoms with van der Waals surface area (Å²) < 4.78 is 0. The van der Waals surface area contributed by atoms with E-state index in [0.29, 0.717) is 24.2 Å². The smallest absolute Gasteiger partial charge is 0.251 e. The van der Waals surface area contributed by atoms with Crippen molar-refractivity contribution in [2.75, 3.05) is 0 Å². The Hall–Kier alpha value is -2.33. The first-order chi connectivity index (χ1) is 9.60. The number of aromatic hydroxyl groups is 1. The maximum Gasteiger partial charge on any atom is 0.251 e. The molecule has 0 heterocycles. The molecule has 0 aliphatic rings. The molecular weight excluding hydrogens is 252 g/mol. The van der Waals surface area contributed by atoms with E-state index < -0.39 is 0 Å². The van der Waals surface area contributed by atoms with Gasteiger partial charge in [-0.2, -0.15) is 0 Å². The molecule has 0 saturated heterocycles. The highest BCUT2D eigenvalue weighted by molar-refractivity contribution is 5.94. The third-order valence-electron chi connectivity index (χ3n) is 3.14. The van der Waals surface area contributed by atoms with Crippen molar-refractivity contribution >= 4 is 5.91 Å². The molecule has 4 nitrogen and oxygen atoms in total. The molecule has 0 aliphatic heterocycles. The molecule has 0 saturated carbocycles. The molecule has 4 N–H and O–H groups in total. The topological polar surface area (TPSA) is 75.4 Å². The maximum absolute atomic E-state index is 12.0. The summed E-state index contributed by atoms with van der Waals surface area (Å²) in [5.74, 6) is 0.0310. The Balaban J connectivity index is 2.02. The number of nitrogens with one attached hydrogen (secondary N) is 1. The fraction of sp³-hybridized carbons (Fsp3) is 0.188. The largest absolute Gasteiger partial charge is 0.508 e. The molecule has 2 aromatic carbocycles. The molecule has 20 heavy (non-hydrogen) atoms. The van der Waals surface area contributed by atoms with Crippen LogP contribution in [0.3, 0.4) is 0 Å². The minimum Gasteiger partial charge on any atom is -0.508 e. The van der Waals surface area contributed by atoms with Gasteiger partial charge < -0.3 is 16.2 Å². The zero-order valence-corrected chi connectivity index (χ0v) is 11.4. The number of hydrogen-bond acceptors (Lipinski definition) is 3.